The third-order valence-electron chi connectivity index (χ3n) is 6.22. The van der Waals surface area contributed by atoms with Gasteiger partial charge in [0.2, 0.25) is 0 Å². The van der Waals surface area contributed by atoms with Crippen LogP contribution in [0.4, 0.5) is 15.9 Å². The van der Waals surface area contributed by atoms with Crippen molar-refractivity contribution in [2.75, 3.05) is 56.2 Å². The fourth-order valence-electron chi connectivity index (χ4n) is 4.24. The SMILES string of the molecule is CN=C(NCc1ccnc(N2CCN(c3ccc(F)cc3)CC2)c1)NCC1(C)CCCO1. The molecule has 1 aromatic carbocycles. The van der Waals surface area contributed by atoms with Crippen molar-refractivity contribution in [1.29, 1.82) is 0 Å². The van der Waals surface area contributed by atoms with Crippen LogP contribution in [-0.2, 0) is 11.3 Å². The Morgan fingerprint density at radius 3 is 2.56 bits per heavy atom. The summed E-state index contributed by atoms with van der Waals surface area (Å²) in [5.74, 6) is 1.56. The molecular weight excluding hydrogens is 407 g/mol. The number of nitrogens with one attached hydrogen (secondary N) is 2. The lowest BCUT2D eigenvalue weighted by molar-refractivity contribution is 0.0243. The summed E-state index contributed by atoms with van der Waals surface area (Å²) in [6, 6.07) is 10.9. The molecule has 2 N–H and O–H groups in total. The van der Waals surface area contributed by atoms with Crippen LogP contribution in [-0.4, -0.2) is 62.9 Å². The van der Waals surface area contributed by atoms with E-state index in [1.807, 2.05) is 24.4 Å². The van der Waals surface area contributed by atoms with E-state index in [1.165, 1.54) is 12.1 Å². The van der Waals surface area contributed by atoms with Gasteiger partial charge in [-0.2, -0.15) is 0 Å². The first kappa shape index (κ1) is 22.3. The number of piperazine rings is 1. The van der Waals surface area contributed by atoms with Gasteiger partial charge in [0.15, 0.2) is 5.96 Å². The lowest BCUT2D eigenvalue weighted by Gasteiger charge is -2.36. The van der Waals surface area contributed by atoms with E-state index in [0.29, 0.717) is 6.54 Å². The maximum Gasteiger partial charge on any atom is 0.191 e. The first-order chi connectivity index (χ1) is 15.5. The van der Waals surface area contributed by atoms with Crippen molar-refractivity contribution < 1.29 is 9.13 Å². The molecule has 3 heterocycles. The summed E-state index contributed by atoms with van der Waals surface area (Å²) in [7, 11) is 1.78. The van der Waals surface area contributed by atoms with Crippen molar-refractivity contribution in [3.8, 4) is 0 Å². The van der Waals surface area contributed by atoms with Gasteiger partial charge in [0.05, 0.1) is 5.60 Å². The number of ether oxygens (including phenoxy) is 1. The van der Waals surface area contributed by atoms with E-state index in [2.05, 4.69) is 43.4 Å². The van der Waals surface area contributed by atoms with E-state index < -0.39 is 0 Å². The molecule has 0 aliphatic carbocycles. The van der Waals surface area contributed by atoms with E-state index in [-0.39, 0.29) is 11.4 Å². The van der Waals surface area contributed by atoms with Gasteiger partial charge in [0.1, 0.15) is 11.6 Å². The normalized spacial score (nSPS) is 21.7. The Morgan fingerprint density at radius 1 is 1.12 bits per heavy atom. The van der Waals surface area contributed by atoms with Crippen LogP contribution in [0.25, 0.3) is 0 Å². The summed E-state index contributed by atoms with van der Waals surface area (Å²) in [6.07, 6.45) is 4.05. The highest BCUT2D eigenvalue weighted by Crippen LogP contribution is 2.24. The molecule has 1 atom stereocenters. The van der Waals surface area contributed by atoms with Gasteiger partial charge in [-0.25, -0.2) is 9.37 Å². The number of guanidine groups is 1. The number of benzene rings is 1. The first-order valence-corrected chi connectivity index (χ1v) is 11.3. The van der Waals surface area contributed by atoms with Gasteiger partial charge in [0, 0.05) is 64.8 Å². The number of aromatic nitrogens is 1. The molecule has 32 heavy (non-hydrogen) atoms. The number of anilines is 2. The highest BCUT2D eigenvalue weighted by molar-refractivity contribution is 5.79. The number of halogens is 1. The number of pyridine rings is 1. The standard InChI is InChI=1S/C24H33FN6O/c1-24(9-3-15-32-24)18-29-23(26-2)28-17-19-8-10-27-22(16-19)31-13-11-30(12-14-31)21-6-4-20(25)5-7-21/h4-8,10,16H,3,9,11-15,17-18H2,1-2H3,(H2,26,28,29). The van der Waals surface area contributed by atoms with Gasteiger partial charge in [0.25, 0.3) is 0 Å². The average molecular weight is 441 g/mol. The maximum atomic E-state index is 13.2. The molecule has 4 rings (SSSR count). The Kier molecular flexibility index (Phi) is 7.09. The molecule has 0 saturated carbocycles. The van der Waals surface area contributed by atoms with Crippen molar-refractivity contribution >= 4 is 17.5 Å². The Bertz CT molecular complexity index is 905. The van der Waals surface area contributed by atoms with Crippen LogP contribution < -0.4 is 20.4 Å². The molecule has 1 unspecified atom stereocenters. The lowest BCUT2D eigenvalue weighted by Crippen LogP contribution is -2.47. The van der Waals surface area contributed by atoms with E-state index >= 15 is 0 Å². The monoisotopic (exact) mass is 440 g/mol. The van der Waals surface area contributed by atoms with Gasteiger partial charge < -0.3 is 25.2 Å². The average Bonchev–Trinajstić information content (AvgIpc) is 3.26. The third kappa shape index (κ3) is 5.68. The molecule has 2 aromatic rings. The lowest BCUT2D eigenvalue weighted by atomic mass is 10.0. The van der Waals surface area contributed by atoms with E-state index in [1.54, 1.807) is 7.05 Å². The Labute approximate surface area is 189 Å². The van der Waals surface area contributed by atoms with Crippen LogP contribution >= 0.6 is 0 Å². The summed E-state index contributed by atoms with van der Waals surface area (Å²) in [6.45, 7) is 7.91. The topological polar surface area (TPSA) is 65.0 Å². The number of aliphatic imine (C=N–C) groups is 1. The first-order valence-electron chi connectivity index (χ1n) is 11.3. The molecule has 2 aliphatic heterocycles. The minimum Gasteiger partial charge on any atom is -0.373 e. The van der Waals surface area contributed by atoms with Gasteiger partial charge in [-0.1, -0.05) is 0 Å². The summed E-state index contributed by atoms with van der Waals surface area (Å²) >= 11 is 0. The van der Waals surface area contributed by atoms with E-state index in [4.69, 9.17) is 4.74 Å². The van der Waals surface area contributed by atoms with Crippen LogP contribution in [0.2, 0.25) is 0 Å². The van der Waals surface area contributed by atoms with Gasteiger partial charge >= 0.3 is 0 Å². The zero-order valence-corrected chi connectivity index (χ0v) is 19.0. The zero-order valence-electron chi connectivity index (χ0n) is 19.0. The largest absolute Gasteiger partial charge is 0.373 e. The number of hydrogen-bond donors (Lipinski definition) is 2. The fourth-order valence-corrected chi connectivity index (χ4v) is 4.24. The molecular formula is C24H33FN6O. The smallest absolute Gasteiger partial charge is 0.191 e. The zero-order chi connectivity index (χ0) is 22.4. The highest BCUT2D eigenvalue weighted by atomic mass is 19.1. The molecule has 0 bridgehead atoms. The van der Waals surface area contributed by atoms with Crippen LogP contribution in [0.15, 0.2) is 47.6 Å². The molecule has 0 amide bonds. The number of hydrogen-bond acceptors (Lipinski definition) is 5. The third-order valence-corrected chi connectivity index (χ3v) is 6.22. The molecule has 2 aliphatic rings. The molecule has 1 aromatic heterocycles. The van der Waals surface area contributed by atoms with Crippen LogP contribution in [0.5, 0.6) is 0 Å². The second-order valence-electron chi connectivity index (χ2n) is 8.65. The Hall–Kier alpha value is -2.87. The van der Waals surface area contributed by atoms with E-state index in [0.717, 1.165) is 75.2 Å². The summed E-state index contributed by atoms with van der Waals surface area (Å²) in [5.41, 5.74) is 2.10. The molecule has 0 radical (unpaired) electrons. The van der Waals surface area contributed by atoms with Crippen molar-refractivity contribution in [3.05, 3.63) is 54.0 Å². The predicted octanol–water partition coefficient (Wildman–Crippen LogP) is 2.78. The minimum atomic E-state index is -0.199. The van der Waals surface area contributed by atoms with Crippen molar-refractivity contribution in [2.24, 2.45) is 4.99 Å². The molecule has 0 spiro atoms. The number of nitrogens with zero attached hydrogens (tertiary/aromatic N) is 4. The van der Waals surface area contributed by atoms with Crippen LogP contribution in [0.1, 0.15) is 25.3 Å². The highest BCUT2D eigenvalue weighted by Gasteiger charge is 2.29. The van der Waals surface area contributed by atoms with Crippen LogP contribution in [0.3, 0.4) is 0 Å². The minimum absolute atomic E-state index is 0.114. The Morgan fingerprint density at radius 2 is 1.88 bits per heavy atom. The molecule has 2 saturated heterocycles. The summed E-state index contributed by atoms with van der Waals surface area (Å²) < 4.78 is 19.0. The Balaban J connectivity index is 1.28. The van der Waals surface area contributed by atoms with Gasteiger partial charge in [-0.3, -0.25) is 4.99 Å². The molecule has 8 heteroatoms. The molecule has 172 valence electrons. The summed E-state index contributed by atoms with van der Waals surface area (Å²) in [4.78, 5) is 13.5. The predicted molar refractivity (Wildman–Crippen MR) is 127 cm³/mol. The number of rotatable bonds is 6. The second kappa shape index (κ2) is 10.2. The van der Waals surface area contributed by atoms with Crippen molar-refractivity contribution in [3.63, 3.8) is 0 Å². The van der Waals surface area contributed by atoms with Crippen LogP contribution in [0, 0.1) is 5.82 Å². The van der Waals surface area contributed by atoms with E-state index in [9.17, 15) is 4.39 Å². The van der Waals surface area contributed by atoms with Gasteiger partial charge in [-0.05, 0) is 61.7 Å². The molecule has 7 nitrogen and oxygen atoms in total. The maximum absolute atomic E-state index is 13.2. The quantitative estimate of drug-likeness (QED) is 0.532. The molecule has 2 fully saturated rings. The van der Waals surface area contributed by atoms with Gasteiger partial charge in [-0.15, -0.1) is 0 Å². The second-order valence-corrected chi connectivity index (χ2v) is 8.65. The van der Waals surface area contributed by atoms with Crippen molar-refractivity contribution in [2.45, 2.75) is 31.9 Å². The fraction of sp³-hybridized carbons (Fsp3) is 0.500. The van der Waals surface area contributed by atoms with Crippen molar-refractivity contribution in [1.82, 2.24) is 15.6 Å². The summed E-state index contributed by atoms with van der Waals surface area (Å²) in [5, 5.41) is 6.77.